The summed E-state index contributed by atoms with van der Waals surface area (Å²) < 4.78 is 5.78. The highest BCUT2D eigenvalue weighted by Gasteiger charge is 2.03. The quantitative estimate of drug-likeness (QED) is 0.770. The van der Waals surface area contributed by atoms with Crippen LogP contribution in [0, 0.1) is 0 Å². The van der Waals surface area contributed by atoms with Gasteiger partial charge in [0.05, 0.1) is 6.54 Å². The predicted molar refractivity (Wildman–Crippen MR) is 84.3 cm³/mol. The first-order chi connectivity index (χ1) is 9.72. The molecule has 1 heterocycles. The zero-order valence-electron chi connectivity index (χ0n) is 11.8. The second-order valence-electron chi connectivity index (χ2n) is 5.05. The van der Waals surface area contributed by atoms with Gasteiger partial charge in [-0.2, -0.15) is 0 Å². The fourth-order valence-corrected chi connectivity index (χ4v) is 2.19. The van der Waals surface area contributed by atoms with Crippen LogP contribution in [0.2, 0.25) is 0 Å². The van der Waals surface area contributed by atoms with Gasteiger partial charge in [0.1, 0.15) is 11.3 Å². The molecule has 3 aromatic rings. The summed E-state index contributed by atoms with van der Waals surface area (Å²) in [6.07, 6.45) is 0. The fraction of sp³-hybridized carbons (Fsp3) is 0.176. The molecular weight excluding hydrogens is 248 g/mol. The Morgan fingerprint density at radius 2 is 1.75 bits per heavy atom. The minimum Gasteiger partial charge on any atom is -0.459 e. The predicted octanol–water partition coefficient (Wildman–Crippen LogP) is 4.11. The monoisotopic (exact) mass is 266 g/mol. The molecule has 2 aromatic carbocycles. The molecule has 0 aliphatic rings. The smallest absolute Gasteiger partial charge is 0.134 e. The molecule has 0 radical (unpaired) electrons. The Hall–Kier alpha value is -2.42. The van der Waals surface area contributed by atoms with Crippen molar-refractivity contribution in [3.63, 3.8) is 0 Å². The molecule has 0 atom stereocenters. The van der Waals surface area contributed by atoms with Crippen molar-refractivity contribution < 1.29 is 4.42 Å². The molecule has 0 saturated heterocycles. The number of hydrogen-bond donors (Lipinski definition) is 1. The number of para-hydroxylation sites is 1. The number of rotatable bonds is 4. The van der Waals surface area contributed by atoms with Gasteiger partial charge in [0.2, 0.25) is 0 Å². The van der Waals surface area contributed by atoms with E-state index in [0.29, 0.717) is 6.54 Å². The lowest BCUT2D eigenvalue weighted by Crippen LogP contribution is -2.08. The summed E-state index contributed by atoms with van der Waals surface area (Å²) in [5.41, 5.74) is 3.22. The lowest BCUT2D eigenvalue weighted by Gasteiger charge is -2.13. The molecule has 0 aliphatic heterocycles. The van der Waals surface area contributed by atoms with Crippen molar-refractivity contribution in [2.45, 2.75) is 6.54 Å². The van der Waals surface area contributed by atoms with Crippen LogP contribution in [-0.4, -0.2) is 14.1 Å². The number of fused-ring (bicyclic) bond motifs is 1. The van der Waals surface area contributed by atoms with E-state index < -0.39 is 0 Å². The van der Waals surface area contributed by atoms with Crippen LogP contribution < -0.4 is 10.2 Å². The highest BCUT2D eigenvalue weighted by molar-refractivity contribution is 5.77. The Morgan fingerprint density at radius 3 is 2.45 bits per heavy atom. The summed E-state index contributed by atoms with van der Waals surface area (Å²) in [6, 6.07) is 18.5. The van der Waals surface area contributed by atoms with Gasteiger partial charge >= 0.3 is 0 Å². The maximum absolute atomic E-state index is 5.78. The van der Waals surface area contributed by atoms with E-state index in [-0.39, 0.29) is 0 Å². The average Bonchev–Trinajstić information content (AvgIpc) is 2.88. The number of benzene rings is 2. The number of furan rings is 1. The Kier molecular flexibility index (Phi) is 3.33. The first-order valence-electron chi connectivity index (χ1n) is 6.71. The van der Waals surface area contributed by atoms with Crippen molar-refractivity contribution in [2.24, 2.45) is 0 Å². The van der Waals surface area contributed by atoms with Gasteiger partial charge < -0.3 is 14.6 Å². The van der Waals surface area contributed by atoms with Gasteiger partial charge in [-0.05, 0) is 36.4 Å². The van der Waals surface area contributed by atoms with E-state index in [1.54, 1.807) is 0 Å². The van der Waals surface area contributed by atoms with E-state index in [4.69, 9.17) is 4.42 Å². The summed E-state index contributed by atoms with van der Waals surface area (Å²) in [6.45, 7) is 0.690. The average molecular weight is 266 g/mol. The van der Waals surface area contributed by atoms with Crippen LogP contribution in [0.25, 0.3) is 11.0 Å². The van der Waals surface area contributed by atoms with Crippen molar-refractivity contribution in [2.75, 3.05) is 24.3 Å². The molecule has 1 N–H and O–H groups in total. The normalized spacial score (nSPS) is 10.7. The van der Waals surface area contributed by atoms with Crippen molar-refractivity contribution in [3.05, 3.63) is 60.4 Å². The Balaban J connectivity index is 1.69. The van der Waals surface area contributed by atoms with Crippen LogP contribution in [0.1, 0.15) is 5.76 Å². The molecule has 0 spiro atoms. The number of nitrogens with one attached hydrogen (secondary N) is 1. The third-order valence-electron chi connectivity index (χ3n) is 3.33. The van der Waals surface area contributed by atoms with Gasteiger partial charge in [-0.1, -0.05) is 18.2 Å². The van der Waals surface area contributed by atoms with Crippen LogP contribution in [0.5, 0.6) is 0 Å². The molecule has 0 bridgehead atoms. The van der Waals surface area contributed by atoms with Gasteiger partial charge in [-0.25, -0.2) is 0 Å². The molecular formula is C17H18N2O. The molecule has 0 fully saturated rings. The fourth-order valence-electron chi connectivity index (χ4n) is 2.19. The van der Waals surface area contributed by atoms with Crippen LogP contribution in [-0.2, 0) is 6.54 Å². The molecule has 20 heavy (non-hydrogen) atoms. The van der Waals surface area contributed by atoms with Crippen LogP contribution in [0.15, 0.2) is 59.0 Å². The molecule has 0 saturated carbocycles. The lowest BCUT2D eigenvalue weighted by atomic mass is 10.2. The second-order valence-corrected chi connectivity index (χ2v) is 5.05. The van der Waals surface area contributed by atoms with Crippen molar-refractivity contribution in [1.29, 1.82) is 0 Å². The molecule has 0 amide bonds. The highest BCUT2D eigenvalue weighted by atomic mass is 16.3. The molecule has 0 unspecified atom stereocenters. The van der Waals surface area contributed by atoms with E-state index in [2.05, 4.69) is 46.6 Å². The summed E-state index contributed by atoms with van der Waals surface area (Å²) in [4.78, 5) is 2.09. The molecule has 102 valence electrons. The summed E-state index contributed by atoms with van der Waals surface area (Å²) in [5.74, 6) is 0.947. The zero-order valence-corrected chi connectivity index (χ0v) is 11.8. The van der Waals surface area contributed by atoms with Crippen molar-refractivity contribution >= 4 is 22.3 Å². The molecule has 3 heteroatoms. The zero-order chi connectivity index (χ0) is 13.9. The van der Waals surface area contributed by atoms with Gasteiger partial charge in [0, 0.05) is 30.9 Å². The van der Waals surface area contributed by atoms with Crippen LogP contribution >= 0.6 is 0 Å². The largest absolute Gasteiger partial charge is 0.459 e. The Morgan fingerprint density at radius 1 is 1.00 bits per heavy atom. The molecule has 0 aliphatic carbocycles. The third kappa shape index (κ3) is 2.62. The lowest BCUT2D eigenvalue weighted by molar-refractivity contribution is 0.559. The number of anilines is 2. The molecule has 3 nitrogen and oxygen atoms in total. The highest BCUT2D eigenvalue weighted by Crippen LogP contribution is 2.20. The first kappa shape index (κ1) is 12.6. The van der Waals surface area contributed by atoms with E-state index in [1.807, 2.05) is 32.3 Å². The Bertz CT molecular complexity index is 665. The summed E-state index contributed by atoms with van der Waals surface area (Å²) in [5, 5.41) is 4.52. The maximum Gasteiger partial charge on any atom is 0.134 e. The van der Waals surface area contributed by atoms with E-state index in [9.17, 15) is 0 Å². The standard InChI is InChI=1S/C17H18N2O/c1-19(2)15-9-7-14(8-10-15)18-12-16-11-13-5-3-4-6-17(13)20-16/h3-11,18H,12H2,1-2H3. The molecule has 3 rings (SSSR count). The summed E-state index contributed by atoms with van der Waals surface area (Å²) >= 11 is 0. The SMILES string of the molecule is CN(C)c1ccc(NCc2cc3ccccc3o2)cc1. The number of nitrogens with zero attached hydrogens (tertiary/aromatic N) is 1. The van der Waals surface area contributed by atoms with E-state index in [0.717, 1.165) is 22.4 Å². The van der Waals surface area contributed by atoms with Crippen LogP contribution in [0.4, 0.5) is 11.4 Å². The minimum absolute atomic E-state index is 0.690. The topological polar surface area (TPSA) is 28.4 Å². The van der Waals surface area contributed by atoms with E-state index >= 15 is 0 Å². The van der Waals surface area contributed by atoms with Crippen molar-refractivity contribution in [3.8, 4) is 0 Å². The first-order valence-corrected chi connectivity index (χ1v) is 6.71. The van der Waals surface area contributed by atoms with Gasteiger partial charge in [-0.3, -0.25) is 0 Å². The minimum atomic E-state index is 0.690. The summed E-state index contributed by atoms with van der Waals surface area (Å²) in [7, 11) is 4.08. The van der Waals surface area contributed by atoms with Gasteiger partial charge in [0.15, 0.2) is 0 Å². The molecule has 1 aromatic heterocycles. The number of hydrogen-bond acceptors (Lipinski definition) is 3. The van der Waals surface area contributed by atoms with Crippen molar-refractivity contribution in [1.82, 2.24) is 0 Å². The van der Waals surface area contributed by atoms with Gasteiger partial charge in [0.25, 0.3) is 0 Å². The maximum atomic E-state index is 5.78. The second kappa shape index (κ2) is 5.29. The Labute approximate surface area is 118 Å². The van der Waals surface area contributed by atoms with Gasteiger partial charge in [-0.15, -0.1) is 0 Å². The van der Waals surface area contributed by atoms with Crippen LogP contribution in [0.3, 0.4) is 0 Å². The van der Waals surface area contributed by atoms with E-state index in [1.165, 1.54) is 5.69 Å². The third-order valence-corrected chi connectivity index (χ3v) is 3.33.